The van der Waals surface area contributed by atoms with Gasteiger partial charge in [-0.05, 0) is 19.1 Å². The van der Waals surface area contributed by atoms with E-state index in [0.29, 0.717) is 18.2 Å². The Kier molecular flexibility index (Phi) is 4.46. The van der Waals surface area contributed by atoms with Crippen LogP contribution in [0.5, 0.6) is 0 Å². The third kappa shape index (κ3) is 2.93. The standard InChI is InChI=1S/C13H8BrF3N2O4/c1-5-2-10(20)19(13(23)18(5)12(16)17)9-3-6(11(21)22)7(14)4-8(9)15/h2-4,12H,1H3,(H,21,22)/p-1. The average Bonchev–Trinajstić information content (AvgIpc) is 2.39. The van der Waals surface area contributed by atoms with Crippen LogP contribution in [0.25, 0.3) is 5.69 Å². The van der Waals surface area contributed by atoms with Crippen molar-refractivity contribution in [3.05, 3.63) is 60.6 Å². The number of hydrogen-bond acceptors (Lipinski definition) is 4. The second kappa shape index (κ2) is 6.03. The molecule has 1 aromatic heterocycles. The molecular formula is C13H7BrF3N2O4-. The molecule has 0 fully saturated rings. The summed E-state index contributed by atoms with van der Waals surface area (Å²) in [7, 11) is 0. The zero-order valence-electron chi connectivity index (χ0n) is 11.3. The SMILES string of the molecule is Cc1cc(=O)n(-c2cc(C(=O)[O-])c(Br)cc2F)c(=O)n1C(F)F. The van der Waals surface area contributed by atoms with E-state index in [1.54, 1.807) is 0 Å². The van der Waals surface area contributed by atoms with Crippen LogP contribution < -0.4 is 16.4 Å². The maximum Gasteiger partial charge on any atom is 0.340 e. The van der Waals surface area contributed by atoms with E-state index in [4.69, 9.17) is 0 Å². The highest BCUT2D eigenvalue weighted by Crippen LogP contribution is 2.22. The minimum Gasteiger partial charge on any atom is -0.545 e. The molecule has 0 aliphatic heterocycles. The highest BCUT2D eigenvalue weighted by molar-refractivity contribution is 9.10. The molecule has 0 bridgehead atoms. The molecule has 0 saturated heterocycles. The number of carbonyl (C=O) groups excluding carboxylic acids is 1. The lowest BCUT2D eigenvalue weighted by Gasteiger charge is -2.14. The van der Waals surface area contributed by atoms with E-state index in [0.717, 1.165) is 6.92 Å². The minimum atomic E-state index is -3.26. The minimum absolute atomic E-state index is 0.0123. The number of carboxylic acid groups (broad SMARTS) is 1. The Balaban J connectivity index is 2.91. The summed E-state index contributed by atoms with van der Waals surface area (Å²) in [5, 5.41) is 11.0. The van der Waals surface area contributed by atoms with E-state index >= 15 is 0 Å². The summed E-state index contributed by atoms with van der Waals surface area (Å²) in [6, 6.07) is 2.06. The van der Waals surface area contributed by atoms with E-state index < -0.39 is 40.8 Å². The van der Waals surface area contributed by atoms with Crippen LogP contribution in [0.4, 0.5) is 13.2 Å². The van der Waals surface area contributed by atoms with Gasteiger partial charge in [-0.2, -0.15) is 8.78 Å². The predicted octanol–water partition coefficient (Wildman–Crippen LogP) is 0.968. The number of benzene rings is 1. The van der Waals surface area contributed by atoms with Crippen LogP contribution >= 0.6 is 15.9 Å². The number of aryl methyl sites for hydroxylation is 1. The molecule has 1 aromatic carbocycles. The Labute approximate surface area is 134 Å². The Bertz CT molecular complexity index is 921. The summed E-state index contributed by atoms with van der Waals surface area (Å²) in [5.74, 6) is -2.85. The van der Waals surface area contributed by atoms with Crippen LogP contribution in [-0.2, 0) is 0 Å². The highest BCUT2D eigenvalue weighted by Gasteiger charge is 2.20. The number of carboxylic acids is 1. The molecule has 23 heavy (non-hydrogen) atoms. The van der Waals surface area contributed by atoms with Crippen molar-refractivity contribution in [3.8, 4) is 5.69 Å². The lowest BCUT2D eigenvalue weighted by molar-refractivity contribution is -0.255. The number of alkyl halides is 2. The number of aromatic nitrogens is 2. The largest absolute Gasteiger partial charge is 0.545 e. The van der Waals surface area contributed by atoms with Crippen molar-refractivity contribution in [1.29, 1.82) is 0 Å². The van der Waals surface area contributed by atoms with Gasteiger partial charge in [-0.3, -0.25) is 4.79 Å². The van der Waals surface area contributed by atoms with Gasteiger partial charge in [0.05, 0.1) is 11.7 Å². The van der Waals surface area contributed by atoms with Crippen LogP contribution in [0.2, 0.25) is 0 Å². The molecule has 0 spiro atoms. The van der Waals surface area contributed by atoms with Crippen molar-refractivity contribution < 1.29 is 23.1 Å². The molecule has 0 amide bonds. The smallest absolute Gasteiger partial charge is 0.340 e. The summed E-state index contributed by atoms with van der Waals surface area (Å²) in [4.78, 5) is 35.0. The first-order chi connectivity index (χ1) is 10.6. The van der Waals surface area contributed by atoms with E-state index in [1.165, 1.54) is 0 Å². The number of nitrogens with zero attached hydrogens (tertiary/aromatic N) is 2. The van der Waals surface area contributed by atoms with E-state index in [2.05, 4.69) is 15.9 Å². The zero-order valence-corrected chi connectivity index (χ0v) is 12.9. The first-order valence-corrected chi connectivity index (χ1v) is 6.78. The predicted molar refractivity (Wildman–Crippen MR) is 74.3 cm³/mol. The topological polar surface area (TPSA) is 84.1 Å². The summed E-state index contributed by atoms with van der Waals surface area (Å²) in [6.45, 7) is -2.14. The van der Waals surface area contributed by atoms with Gasteiger partial charge in [0.1, 0.15) is 5.82 Å². The fourth-order valence-corrected chi connectivity index (χ4v) is 2.47. The first-order valence-electron chi connectivity index (χ1n) is 5.99. The second-order valence-electron chi connectivity index (χ2n) is 4.46. The van der Waals surface area contributed by atoms with Gasteiger partial charge in [0.15, 0.2) is 0 Å². The zero-order chi connectivity index (χ0) is 17.5. The highest BCUT2D eigenvalue weighted by atomic mass is 79.9. The number of aromatic carboxylic acids is 1. The summed E-state index contributed by atoms with van der Waals surface area (Å²) in [6.07, 6.45) is 0. The second-order valence-corrected chi connectivity index (χ2v) is 5.31. The van der Waals surface area contributed by atoms with E-state index in [-0.39, 0.29) is 19.3 Å². The maximum absolute atomic E-state index is 14.0. The Morgan fingerprint density at radius 3 is 2.39 bits per heavy atom. The van der Waals surface area contributed by atoms with Gasteiger partial charge in [0, 0.05) is 21.8 Å². The molecule has 2 rings (SSSR count). The third-order valence-electron chi connectivity index (χ3n) is 3.02. The lowest BCUT2D eigenvalue weighted by atomic mass is 10.2. The number of rotatable bonds is 3. The lowest BCUT2D eigenvalue weighted by Crippen LogP contribution is -2.40. The van der Waals surface area contributed by atoms with Gasteiger partial charge < -0.3 is 9.90 Å². The number of hydrogen-bond donors (Lipinski definition) is 0. The van der Waals surface area contributed by atoms with Gasteiger partial charge in [0.2, 0.25) is 0 Å². The summed E-state index contributed by atoms with van der Waals surface area (Å²) < 4.78 is 39.8. The molecule has 122 valence electrons. The summed E-state index contributed by atoms with van der Waals surface area (Å²) in [5.41, 5.74) is -4.19. The fraction of sp³-hybridized carbons (Fsp3) is 0.154. The molecule has 0 atom stereocenters. The van der Waals surface area contributed by atoms with Crippen molar-refractivity contribution in [1.82, 2.24) is 9.13 Å². The molecule has 0 radical (unpaired) electrons. The van der Waals surface area contributed by atoms with Crippen LogP contribution in [0.15, 0.2) is 32.3 Å². The van der Waals surface area contributed by atoms with Crippen molar-refractivity contribution in [2.24, 2.45) is 0 Å². The van der Waals surface area contributed by atoms with Crippen LogP contribution in [-0.4, -0.2) is 15.1 Å². The molecule has 10 heteroatoms. The molecule has 0 N–H and O–H groups in total. The van der Waals surface area contributed by atoms with Crippen LogP contribution in [0.1, 0.15) is 22.6 Å². The van der Waals surface area contributed by atoms with Gasteiger partial charge in [-0.25, -0.2) is 18.3 Å². The molecular weight excluding hydrogens is 385 g/mol. The molecule has 0 aliphatic carbocycles. The normalized spacial score (nSPS) is 11.0. The third-order valence-corrected chi connectivity index (χ3v) is 3.68. The molecule has 0 unspecified atom stereocenters. The monoisotopic (exact) mass is 391 g/mol. The fourth-order valence-electron chi connectivity index (χ4n) is 1.99. The molecule has 2 aromatic rings. The van der Waals surface area contributed by atoms with Crippen molar-refractivity contribution >= 4 is 21.9 Å². The maximum atomic E-state index is 14.0. The van der Waals surface area contributed by atoms with Crippen molar-refractivity contribution in [3.63, 3.8) is 0 Å². The molecule has 1 heterocycles. The van der Waals surface area contributed by atoms with Gasteiger partial charge in [0.25, 0.3) is 5.56 Å². The number of carbonyl (C=O) groups is 1. The van der Waals surface area contributed by atoms with E-state index in [1.807, 2.05) is 0 Å². The van der Waals surface area contributed by atoms with E-state index in [9.17, 15) is 32.7 Å². The van der Waals surface area contributed by atoms with Gasteiger partial charge in [-0.1, -0.05) is 15.9 Å². The Hall–Kier alpha value is -2.36. The molecule has 0 saturated carbocycles. The summed E-state index contributed by atoms with van der Waals surface area (Å²) >= 11 is 2.79. The van der Waals surface area contributed by atoms with Crippen molar-refractivity contribution in [2.45, 2.75) is 13.5 Å². The molecule has 0 aliphatic rings. The Morgan fingerprint density at radius 2 is 1.87 bits per heavy atom. The van der Waals surface area contributed by atoms with Crippen LogP contribution in [0, 0.1) is 12.7 Å². The Morgan fingerprint density at radius 1 is 1.26 bits per heavy atom. The first kappa shape index (κ1) is 17.0. The average molecular weight is 392 g/mol. The van der Waals surface area contributed by atoms with Gasteiger partial charge >= 0.3 is 12.2 Å². The van der Waals surface area contributed by atoms with Crippen molar-refractivity contribution in [2.75, 3.05) is 0 Å². The molecule has 6 nitrogen and oxygen atoms in total. The van der Waals surface area contributed by atoms with Gasteiger partial charge in [-0.15, -0.1) is 0 Å². The number of halogens is 4. The van der Waals surface area contributed by atoms with Crippen LogP contribution in [0.3, 0.4) is 0 Å². The quantitative estimate of drug-likeness (QED) is 0.780.